The molecule has 0 unspecified atom stereocenters. The number of methoxy groups -OCH3 is 1. The molecular formula is C28H32N4O7. The van der Waals surface area contributed by atoms with Crippen LogP contribution in [0.25, 0.3) is 0 Å². The maximum atomic E-state index is 13.2. The summed E-state index contributed by atoms with van der Waals surface area (Å²) < 4.78 is 16.7. The number of hydrogen-bond acceptors (Lipinski definition) is 8. The summed E-state index contributed by atoms with van der Waals surface area (Å²) >= 11 is 0. The molecule has 0 atom stereocenters. The van der Waals surface area contributed by atoms with Crippen molar-refractivity contribution in [3.05, 3.63) is 76.9 Å². The van der Waals surface area contributed by atoms with Crippen molar-refractivity contribution in [1.29, 1.82) is 5.41 Å². The average molecular weight is 537 g/mol. The van der Waals surface area contributed by atoms with Crippen molar-refractivity contribution in [2.75, 3.05) is 24.4 Å². The lowest BCUT2D eigenvalue weighted by Gasteiger charge is -2.20. The van der Waals surface area contributed by atoms with E-state index in [0.29, 0.717) is 45.1 Å². The average Bonchev–Trinajstić information content (AvgIpc) is 2.90. The molecule has 0 saturated carbocycles. The van der Waals surface area contributed by atoms with E-state index in [1.807, 2.05) is 13.8 Å². The second-order valence-electron chi connectivity index (χ2n) is 8.80. The normalized spacial score (nSPS) is 10.6. The highest BCUT2D eigenvalue weighted by atomic mass is 16.5. The molecule has 0 heterocycles. The van der Waals surface area contributed by atoms with Crippen LogP contribution in [0.1, 0.15) is 40.9 Å². The maximum Gasteiger partial charge on any atom is 0.341 e. The number of nitrogen functional groups attached to an aromatic ring is 1. The first-order valence-electron chi connectivity index (χ1n) is 12.1. The van der Waals surface area contributed by atoms with Crippen LogP contribution in [0.3, 0.4) is 0 Å². The van der Waals surface area contributed by atoms with Gasteiger partial charge in [-0.25, -0.2) is 4.79 Å². The van der Waals surface area contributed by atoms with Crippen molar-refractivity contribution in [1.82, 2.24) is 0 Å². The zero-order valence-electron chi connectivity index (χ0n) is 21.9. The molecule has 3 rings (SSSR count). The number of carbonyl (C=O) groups is 2. The molecule has 39 heavy (non-hydrogen) atoms. The monoisotopic (exact) mass is 536 g/mol. The van der Waals surface area contributed by atoms with E-state index >= 15 is 0 Å². The van der Waals surface area contributed by atoms with Gasteiger partial charge in [0, 0.05) is 29.4 Å². The Morgan fingerprint density at radius 2 is 1.79 bits per heavy atom. The van der Waals surface area contributed by atoms with Crippen LogP contribution < -0.4 is 30.6 Å². The Kier molecular flexibility index (Phi) is 9.71. The molecule has 11 heteroatoms. The molecule has 3 aromatic rings. The van der Waals surface area contributed by atoms with E-state index in [0.717, 1.165) is 0 Å². The third-order valence-corrected chi connectivity index (χ3v) is 5.47. The molecule has 0 aromatic heterocycles. The van der Waals surface area contributed by atoms with E-state index in [9.17, 15) is 14.7 Å². The van der Waals surface area contributed by atoms with Crippen LogP contribution in [0.4, 0.5) is 11.4 Å². The van der Waals surface area contributed by atoms with Crippen molar-refractivity contribution < 1.29 is 34.0 Å². The summed E-state index contributed by atoms with van der Waals surface area (Å²) in [6.45, 7) is 2.89. The number of aliphatic hydroxyl groups is 1. The van der Waals surface area contributed by atoms with Gasteiger partial charge in [-0.3, -0.25) is 10.2 Å². The number of nitrogens with two attached hydrogens (primary N) is 1. The lowest BCUT2D eigenvalue weighted by Crippen LogP contribution is -2.17. The van der Waals surface area contributed by atoms with Crippen molar-refractivity contribution in [3.8, 4) is 17.2 Å². The fourth-order valence-corrected chi connectivity index (χ4v) is 3.70. The summed E-state index contributed by atoms with van der Waals surface area (Å²) in [5.41, 5.74) is 8.37. The number of carboxylic acid groups (broad SMARTS) is 1. The van der Waals surface area contributed by atoms with E-state index in [-0.39, 0.29) is 30.8 Å². The van der Waals surface area contributed by atoms with Crippen molar-refractivity contribution in [3.63, 3.8) is 0 Å². The molecular weight excluding hydrogens is 504 g/mol. The van der Waals surface area contributed by atoms with Gasteiger partial charge in [0.2, 0.25) is 0 Å². The van der Waals surface area contributed by atoms with Gasteiger partial charge in [0.1, 0.15) is 11.6 Å². The highest BCUT2D eigenvalue weighted by Crippen LogP contribution is 2.35. The molecule has 206 valence electrons. The van der Waals surface area contributed by atoms with Gasteiger partial charge in [-0.05, 0) is 67.9 Å². The van der Waals surface area contributed by atoms with Gasteiger partial charge in [0.05, 0.1) is 31.1 Å². The quantitative estimate of drug-likeness (QED) is 0.141. The summed E-state index contributed by atoms with van der Waals surface area (Å²) in [7, 11) is 1.51. The van der Waals surface area contributed by atoms with Gasteiger partial charge in [-0.15, -0.1) is 0 Å². The summed E-state index contributed by atoms with van der Waals surface area (Å²) in [5, 5.41) is 32.5. The molecule has 0 bridgehead atoms. The van der Waals surface area contributed by atoms with Crippen LogP contribution in [-0.4, -0.2) is 47.7 Å². The fourth-order valence-electron chi connectivity index (χ4n) is 3.70. The van der Waals surface area contributed by atoms with E-state index in [1.165, 1.54) is 7.11 Å². The van der Waals surface area contributed by atoms with Crippen molar-refractivity contribution in [2.24, 2.45) is 5.73 Å². The SMILES string of the molecule is COc1ccc(C(=O)Nc2ccc(C(=N)N)cc2)c(NCc2cc(CO)cc(OC(C)C)c2OCC(=O)O)c1. The number of ether oxygens (including phenoxy) is 3. The molecule has 0 aliphatic rings. The number of aliphatic hydroxyl groups excluding tert-OH is 1. The minimum Gasteiger partial charge on any atom is -0.497 e. The van der Waals surface area contributed by atoms with E-state index in [1.54, 1.807) is 54.6 Å². The van der Waals surface area contributed by atoms with Gasteiger partial charge in [0.15, 0.2) is 18.1 Å². The highest BCUT2D eigenvalue weighted by molar-refractivity contribution is 6.08. The molecule has 0 radical (unpaired) electrons. The Hall–Kier alpha value is -4.77. The van der Waals surface area contributed by atoms with Crippen LogP contribution >= 0.6 is 0 Å². The number of rotatable bonds is 13. The minimum atomic E-state index is -1.15. The first-order valence-corrected chi connectivity index (χ1v) is 12.1. The number of carbonyl (C=O) groups excluding carboxylic acids is 1. The first-order chi connectivity index (χ1) is 18.6. The van der Waals surface area contributed by atoms with Gasteiger partial charge in [0.25, 0.3) is 5.91 Å². The zero-order chi connectivity index (χ0) is 28.5. The molecule has 11 nitrogen and oxygen atoms in total. The highest BCUT2D eigenvalue weighted by Gasteiger charge is 2.18. The van der Waals surface area contributed by atoms with E-state index in [2.05, 4.69) is 10.6 Å². The summed E-state index contributed by atoms with van der Waals surface area (Å²) in [5.74, 6) is -0.601. The Morgan fingerprint density at radius 1 is 1.08 bits per heavy atom. The molecule has 3 aromatic carbocycles. The molecule has 0 spiro atoms. The summed E-state index contributed by atoms with van der Waals surface area (Å²) in [4.78, 5) is 24.4. The third-order valence-electron chi connectivity index (χ3n) is 5.47. The van der Waals surface area contributed by atoms with Crippen LogP contribution in [0, 0.1) is 5.41 Å². The maximum absolute atomic E-state index is 13.2. The molecule has 1 amide bonds. The van der Waals surface area contributed by atoms with Gasteiger partial charge in [-0.2, -0.15) is 0 Å². The first kappa shape index (κ1) is 28.8. The van der Waals surface area contributed by atoms with Gasteiger partial charge >= 0.3 is 5.97 Å². The molecule has 0 aliphatic heterocycles. The molecule has 0 fully saturated rings. The predicted octanol–water partition coefficient (Wildman–Crippen LogP) is 3.59. The molecule has 0 aliphatic carbocycles. The van der Waals surface area contributed by atoms with E-state index in [4.69, 9.17) is 30.5 Å². The Bertz CT molecular complexity index is 1340. The van der Waals surface area contributed by atoms with Crippen LogP contribution in [-0.2, 0) is 17.9 Å². The van der Waals surface area contributed by atoms with Gasteiger partial charge in [-0.1, -0.05) is 0 Å². The Labute approximate surface area is 226 Å². The van der Waals surface area contributed by atoms with Crippen molar-refractivity contribution in [2.45, 2.75) is 33.1 Å². The standard InChI is InChI=1S/C28H32N4O7/c1-16(2)39-24-11-17(14-33)10-19(26(24)38-15-25(34)35)13-31-23-12-21(37-3)8-9-22(23)28(36)32-20-6-4-18(5-7-20)27(29)30/h4-12,16,31,33H,13-15H2,1-3H3,(H3,29,30)(H,32,36)(H,34,35). The number of benzene rings is 3. The van der Waals surface area contributed by atoms with Crippen LogP contribution in [0.15, 0.2) is 54.6 Å². The predicted molar refractivity (Wildman–Crippen MR) is 147 cm³/mol. The number of amides is 1. The number of carboxylic acids is 1. The number of nitrogens with one attached hydrogen (secondary N) is 3. The van der Waals surface area contributed by atoms with Crippen molar-refractivity contribution >= 4 is 29.1 Å². The molecule has 7 N–H and O–H groups in total. The number of hydrogen-bond donors (Lipinski definition) is 6. The minimum absolute atomic E-state index is 0.0755. The second-order valence-corrected chi connectivity index (χ2v) is 8.80. The smallest absolute Gasteiger partial charge is 0.341 e. The number of aliphatic carboxylic acids is 1. The Balaban J connectivity index is 1.93. The lowest BCUT2D eigenvalue weighted by molar-refractivity contribution is -0.139. The summed E-state index contributed by atoms with van der Waals surface area (Å²) in [6, 6.07) is 14.8. The van der Waals surface area contributed by atoms with Crippen LogP contribution in [0.5, 0.6) is 17.2 Å². The number of anilines is 2. The van der Waals surface area contributed by atoms with Gasteiger partial charge < -0.3 is 40.8 Å². The fraction of sp³-hybridized carbons (Fsp3) is 0.250. The number of amidine groups is 1. The topological polar surface area (TPSA) is 176 Å². The Morgan fingerprint density at radius 3 is 2.38 bits per heavy atom. The molecule has 0 saturated heterocycles. The summed E-state index contributed by atoms with van der Waals surface area (Å²) in [6.07, 6.45) is -0.231. The zero-order valence-corrected chi connectivity index (χ0v) is 21.9. The van der Waals surface area contributed by atoms with E-state index < -0.39 is 18.5 Å². The third kappa shape index (κ3) is 7.86. The van der Waals surface area contributed by atoms with Crippen LogP contribution in [0.2, 0.25) is 0 Å². The largest absolute Gasteiger partial charge is 0.497 e. The second kappa shape index (κ2) is 13.2. The lowest BCUT2D eigenvalue weighted by atomic mass is 10.1.